The molecule has 0 bridgehead atoms. The third kappa shape index (κ3) is 2.10. The van der Waals surface area contributed by atoms with Gasteiger partial charge in [-0.25, -0.2) is 14.6 Å². The number of hydrogen-bond acceptors (Lipinski definition) is 4. The molecule has 0 amide bonds. The summed E-state index contributed by atoms with van der Waals surface area (Å²) in [6.07, 6.45) is 1.38. The van der Waals surface area contributed by atoms with Gasteiger partial charge >= 0.3 is 11.9 Å². The van der Waals surface area contributed by atoms with Crippen LogP contribution in [0.1, 0.15) is 27.9 Å². The number of hydrogen-bond donors (Lipinski definition) is 2. The van der Waals surface area contributed by atoms with Crippen LogP contribution < -0.4 is 0 Å². The van der Waals surface area contributed by atoms with E-state index in [1.807, 2.05) is 0 Å². The number of carboxylic acids is 1. The number of aromatic nitrogens is 2. The van der Waals surface area contributed by atoms with Crippen molar-refractivity contribution in [2.24, 2.45) is 0 Å². The molecular weight excluding hydrogens is 224 g/mol. The molecule has 2 aromatic heterocycles. The summed E-state index contributed by atoms with van der Waals surface area (Å²) in [5, 5.41) is 9.39. The van der Waals surface area contributed by atoms with Crippen LogP contribution in [0.15, 0.2) is 18.3 Å². The average Bonchev–Trinajstić information content (AvgIpc) is 2.71. The van der Waals surface area contributed by atoms with E-state index >= 15 is 0 Å². The highest BCUT2D eigenvalue weighted by Crippen LogP contribution is 2.16. The number of nitrogens with one attached hydrogen (secondary N) is 1. The van der Waals surface area contributed by atoms with Gasteiger partial charge in [-0.05, 0) is 19.1 Å². The van der Waals surface area contributed by atoms with Crippen molar-refractivity contribution in [3.8, 4) is 0 Å². The zero-order valence-electron chi connectivity index (χ0n) is 9.06. The lowest BCUT2D eigenvalue weighted by Gasteiger charge is -1.96. The van der Waals surface area contributed by atoms with Crippen molar-refractivity contribution in [3.63, 3.8) is 0 Å². The zero-order chi connectivity index (χ0) is 12.4. The van der Waals surface area contributed by atoms with Gasteiger partial charge < -0.3 is 14.8 Å². The van der Waals surface area contributed by atoms with Crippen molar-refractivity contribution < 1.29 is 19.4 Å². The van der Waals surface area contributed by atoms with Gasteiger partial charge in [0.2, 0.25) is 0 Å². The van der Waals surface area contributed by atoms with Crippen LogP contribution in [0.3, 0.4) is 0 Å². The topological polar surface area (TPSA) is 92.3 Å². The van der Waals surface area contributed by atoms with E-state index in [1.165, 1.54) is 12.3 Å². The molecule has 0 atom stereocenters. The van der Waals surface area contributed by atoms with Crippen molar-refractivity contribution >= 4 is 22.8 Å². The summed E-state index contributed by atoms with van der Waals surface area (Å²) in [5.41, 5.74) is 0.816. The smallest absolute Gasteiger partial charge is 0.354 e. The first-order chi connectivity index (χ1) is 8.11. The van der Waals surface area contributed by atoms with E-state index in [2.05, 4.69) is 9.97 Å². The van der Waals surface area contributed by atoms with E-state index in [9.17, 15) is 9.59 Å². The average molecular weight is 234 g/mol. The minimum atomic E-state index is -1.11. The number of pyridine rings is 1. The second kappa shape index (κ2) is 4.25. The molecular formula is C11H10N2O4. The van der Waals surface area contributed by atoms with Crippen LogP contribution in [-0.4, -0.2) is 33.6 Å². The molecule has 0 aromatic carbocycles. The lowest BCUT2D eigenvalue weighted by atomic mass is 10.2. The van der Waals surface area contributed by atoms with Gasteiger partial charge in [0.15, 0.2) is 0 Å². The Morgan fingerprint density at radius 1 is 1.47 bits per heavy atom. The number of H-pyrrole nitrogens is 1. The van der Waals surface area contributed by atoms with Crippen molar-refractivity contribution in [2.45, 2.75) is 6.92 Å². The maximum absolute atomic E-state index is 11.4. The first-order valence-corrected chi connectivity index (χ1v) is 5.01. The molecule has 17 heavy (non-hydrogen) atoms. The Hall–Kier alpha value is -2.37. The van der Waals surface area contributed by atoms with Crippen molar-refractivity contribution in [1.29, 1.82) is 0 Å². The Morgan fingerprint density at radius 3 is 2.88 bits per heavy atom. The molecule has 0 saturated heterocycles. The molecule has 2 aromatic rings. The maximum atomic E-state index is 11.4. The fraction of sp³-hybridized carbons (Fsp3) is 0.182. The Bertz CT molecular complexity index is 588. The number of fused-ring (bicyclic) bond motifs is 1. The van der Waals surface area contributed by atoms with E-state index in [-0.39, 0.29) is 18.0 Å². The largest absolute Gasteiger partial charge is 0.477 e. The first kappa shape index (κ1) is 11.1. The Morgan fingerprint density at radius 2 is 2.24 bits per heavy atom. The second-order valence-corrected chi connectivity index (χ2v) is 3.37. The Balaban J connectivity index is 2.43. The Kier molecular flexibility index (Phi) is 2.78. The number of carbonyl (C=O) groups is 2. The van der Waals surface area contributed by atoms with Gasteiger partial charge in [-0.2, -0.15) is 0 Å². The SMILES string of the molecule is CCOC(=O)c1cc2cc(C(=O)O)ncc2[nH]1. The minimum Gasteiger partial charge on any atom is -0.477 e. The van der Waals surface area contributed by atoms with Gasteiger partial charge in [0, 0.05) is 5.39 Å². The molecule has 6 heteroatoms. The number of aromatic carboxylic acids is 1. The molecule has 0 aliphatic rings. The molecule has 0 fully saturated rings. The fourth-order valence-corrected chi connectivity index (χ4v) is 1.47. The fourth-order valence-electron chi connectivity index (χ4n) is 1.47. The van der Waals surface area contributed by atoms with E-state index in [0.29, 0.717) is 10.9 Å². The number of carbonyl (C=O) groups excluding carboxylic acids is 1. The number of carboxylic acid groups (broad SMARTS) is 1. The molecule has 0 aliphatic heterocycles. The summed E-state index contributed by atoms with van der Waals surface area (Å²) in [7, 11) is 0. The predicted molar refractivity (Wildman–Crippen MR) is 59.0 cm³/mol. The minimum absolute atomic E-state index is 0.0630. The van der Waals surface area contributed by atoms with Crippen LogP contribution in [0.4, 0.5) is 0 Å². The number of nitrogens with zero attached hydrogens (tertiary/aromatic N) is 1. The monoisotopic (exact) mass is 234 g/mol. The summed E-state index contributed by atoms with van der Waals surface area (Å²) < 4.78 is 4.83. The summed E-state index contributed by atoms with van der Waals surface area (Å²) in [4.78, 5) is 28.7. The molecule has 0 unspecified atom stereocenters. The van der Waals surface area contributed by atoms with Crippen LogP contribution in [0.25, 0.3) is 10.9 Å². The standard InChI is InChI=1S/C11H10N2O4/c1-2-17-11(16)8-4-6-3-7(10(14)15)12-5-9(6)13-8/h3-5,13H,2H2,1H3,(H,14,15). The highest BCUT2D eigenvalue weighted by Gasteiger charge is 2.12. The number of ether oxygens (including phenoxy) is 1. The summed E-state index contributed by atoms with van der Waals surface area (Å²) in [6, 6.07) is 2.94. The van der Waals surface area contributed by atoms with Gasteiger partial charge in [-0.3, -0.25) is 0 Å². The van der Waals surface area contributed by atoms with Crippen LogP contribution in [-0.2, 0) is 4.74 Å². The Labute approximate surface area is 96.2 Å². The molecule has 2 rings (SSSR count). The zero-order valence-corrected chi connectivity index (χ0v) is 9.06. The second-order valence-electron chi connectivity index (χ2n) is 3.37. The highest BCUT2D eigenvalue weighted by atomic mass is 16.5. The van der Waals surface area contributed by atoms with E-state index in [4.69, 9.17) is 9.84 Å². The van der Waals surface area contributed by atoms with Crippen molar-refractivity contribution in [1.82, 2.24) is 9.97 Å². The lowest BCUT2D eigenvalue weighted by Crippen LogP contribution is -2.04. The third-order valence-corrected chi connectivity index (χ3v) is 2.22. The van der Waals surface area contributed by atoms with Gasteiger partial charge in [0.1, 0.15) is 11.4 Å². The van der Waals surface area contributed by atoms with E-state index in [0.717, 1.165) is 0 Å². The first-order valence-electron chi connectivity index (χ1n) is 5.01. The van der Waals surface area contributed by atoms with Gasteiger partial charge in [0.25, 0.3) is 0 Å². The third-order valence-electron chi connectivity index (χ3n) is 2.22. The van der Waals surface area contributed by atoms with Crippen LogP contribution in [0.2, 0.25) is 0 Å². The number of esters is 1. The summed E-state index contributed by atoms with van der Waals surface area (Å²) >= 11 is 0. The quantitative estimate of drug-likeness (QED) is 0.784. The molecule has 2 heterocycles. The van der Waals surface area contributed by atoms with E-state index < -0.39 is 11.9 Å². The normalized spacial score (nSPS) is 10.4. The molecule has 0 aliphatic carbocycles. The molecule has 0 radical (unpaired) electrons. The van der Waals surface area contributed by atoms with Crippen LogP contribution in [0, 0.1) is 0 Å². The molecule has 88 valence electrons. The van der Waals surface area contributed by atoms with Crippen molar-refractivity contribution in [3.05, 3.63) is 29.7 Å². The molecule has 2 N–H and O–H groups in total. The lowest BCUT2D eigenvalue weighted by molar-refractivity contribution is 0.0520. The van der Waals surface area contributed by atoms with Crippen molar-refractivity contribution in [2.75, 3.05) is 6.61 Å². The van der Waals surface area contributed by atoms with Gasteiger partial charge in [0.05, 0.1) is 18.3 Å². The number of rotatable bonds is 3. The molecule has 6 nitrogen and oxygen atoms in total. The highest BCUT2D eigenvalue weighted by molar-refractivity contribution is 5.96. The predicted octanol–water partition coefficient (Wildman–Crippen LogP) is 1.44. The van der Waals surface area contributed by atoms with Gasteiger partial charge in [-0.1, -0.05) is 0 Å². The van der Waals surface area contributed by atoms with E-state index in [1.54, 1.807) is 13.0 Å². The van der Waals surface area contributed by atoms with Crippen LogP contribution >= 0.6 is 0 Å². The molecule has 0 saturated carbocycles. The van der Waals surface area contributed by atoms with Crippen LogP contribution in [0.5, 0.6) is 0 Å². The summed E-state index contributed by atoms with van der Waals surface area (Å²) in [6.45, 7) is 2.00. The number of aromatic amines is 1. The molecule has 0 spiro atoms. The van der Waals surface area contributed by atoms with Gasteiger partial charge in [-0.15, -0.1) is 0 Å². The maximum Gasteiger partial charge on any atom is 0.354 e. The summed E-state index contributed by atoms with van der Waals surface area (Å²) in [5.74, 6) is -1.58.